The Morgan fingerprint density at radius 2 is 1.92 bits per heavy atom. The zero-order chi connectivity index (χ0) is 19.4. The first-order valence-corrected chi connectivity index (χ1v) is 8.41. The lowest BCUT2D eigenvalue weighted by Gasteiger charge is -2.30. The van der Waals surface area contributed by atoms with E-state index in [4.69, 9.17) is 27.2 Å². The molecular weight excluding hydrogens is 358 g/mol. The summed E-state index contributed by atoms with van der Waals surface area (Å²) in [5, 5.41) is 18.7. The lowest BCUT2D eigenvalue weighted by Crippen LogP contribution is -2.41. The van der Waals surface area contributed by atoms with E-state index < -0.39 is 11.9 Å². The number of aromatic nitrogens is 1. The Kier molecular flexibility index (Phi) is 10.1. The second-order valence-electron chi connectivity index (χ2n) is 5.34. The van der Waals surface area contributed by atoms with Crippen molar-refractivity contribution < 1.29 is 24.5 Å². The summed E-state index contributed by atoms with van der Waals surface area (Å²) in [6.07, 6.45) is 2.94. The number of rotatable bonds is 6. The average molecular weight is 381 g/mol. The molecule has 1 aliphatic rings. The van der Waals surface area contributed by atoms with E-state index in [1.807, 2.05) is 31.4 Å². The van der Waals surface area contributed by atoms with Crippen molar-refractivity contribution in [2.24, 2.45) is 0 Å². The molecule has 0 aromatic carbocycles. The van der Waals surface area contributed by atoms with Gasteiger partial charge >= 0.3 is 11.9 Å². The van der Waals surface area contributed by atoms with Crippen molar-refractivity contribution in [2.45, 2.75) is 5.92 Å². The van der Waals surface area contributed by atoms with Crippen LogP contribution in [0.4, 0.5) is 0 Å². The van der Waals surface area contributed by atoms with Crippen molar-refractivity contribution in [3.8, 4) is 0 Å². The number of pyridine rings is 1. The predicted molar refractivity (Wildman–Crippen MR) is 100 cm³/mol. The molecule has 1 fully saturated rings. The summed E-state index contributed by atoms with van der Waals surface area (Å²) in [6, 6.07) is 5.97. The van der Waals surface area contributed by atoms with Crippen LogP contribution in [-0.2, 0) is 14.3 Å². The van der Waals surface area contributed by atoms with Gasteiger partial charge < -0.3 is 20.3 Å². The number of carboxylic acids is 2. The summed E-state index contributed by atoms with van der Waals surface area (Å²) in [7, 11) is 1.87. The normalized spacial score (nSPS) is 15.6. The molecule has 1 atom stereocenters. The van der Waals surface area contributed by atoms with E-state index >= 15 is 0 Å². The van der Waals surface area contributed by atoms with Gasteiger partial charge in [-0.15, -0.1) is 0 Å². The molecule has 1 aromatic rings. The summed E-state index contributed by atoms with van der Waals surface area (Å²) in [5.41, 5.74) is 1.03. The molecule has 1 unspecified atom stereocenters. The Morgan fingerprint density at radius 1 is 1.31 bits per heavy atom. The summed E-state index contributed by atoms with van der Waals surface area (Å²) < 4.78 is 5.37. The minimum Gasteiger partial charge on any atom is -0.478 e. The quantitative estimate of drug-likeness (QED) is 0.485. The van der Waals surface area contributed by atoms with Crippen LogP contribution in [0.1, 0.15) is 11.6 Å². The average Bonchev–Trinajstić information content (AvgIpc) is 2.66. The van der Waals surface area contributed by atoms with Crippen LogP contribution < -0.4 is 5.32 Å². The Bertz CT molecular complexity index is 602. The summed E-state index contributed by atoms with van der Waals surface area (Å²) in [4.78, 5) is 26.8. The molecule has 0 aliphatic carbocycles. The smallest absolute Gasteiger partial charge is 0.328 e. The van der Waals surface area contributed by atoms with Crippen LogP contribution in [0.3, 0.4) is 0 Å². The van der Waals surface area contributed by atoms with Gasteiger partial charge in [0.05, 0.1) is 29.8 Å². The van der Waals surface area contributed by atoms with Gasteiger partial charge in [0.2, 0.25) is 0 Å². The van der Waals surface area contributed by atoms with Crippen molar-refractivity contribution in [3.63, 3.8) is 0 Å². The molecule has 1 saturated heterocycles. The lowest BCUT2D eigenvalue weighted by atomic mass is 10.0. The van der Waals surface area contributed by atoms with Crippen molar-refractivity contribution in [1.82, 2.24) is 15.2 Å². The fraction of sp³-hybridized carbons (Fsp3) is 0.412. The van der Waals surface area contributed by atoms with Gasteiger partial charge in [0.15, 0.2) is 0 Å². The van der Waals surface area contributed by atoms with Gasteiger partial charge in [0.25, 0.3) is 0 Å². The van der Waals surface area contributed by atoms with E-state index in [9.17, 15) is 9.59 Å². The van der Waals surface area contributed by atoms with E-state index in [-0.39, 0.29) is 5.92 Å². The summed E-state index contributed by atoms with van der Waals surface area (Å²) >= 11 is 5.42. The molecular formula is C17H23N3O5S. The van der Waals surface area contributed by atoms with Crippen LogP contribution >= 0.6 is 12.2 Å². The number of carbonyl (C=O) groups is 2. The van der Waals surface area contributed by atoms with Crippen LogP contribution in [0, 0.1) is 0 Å². The molecule has 2 heterocycles. The van der Waals surface area contributed by atoms with Crippen molar-refractivity contribution in [1.29, 1.82) is 0 Å². The van der Waals surface area contributed by atoms with Crippen LogP contribution in [-0.4, -0.2) is 76.9 Å². The second-order valence-corrected chi connectivity index (χ2v) is 5.78. The van der Waals surface area contributed by atoms with E-state index in [0.29, 0.717) is 12.2 Å². The summed E-state index contributed by atoms with van der Waals surface area (Å²) in [6.45, 7) is 4.45. The number of aliphatic carboxylic acids is 2. The van der Waals surface area contributed by atoms with Gasteiger partial charge in [-0.2, -0.15) is 0 Å². The number of ether oxygens (including phenoxy) is 1. The van der Waals surface area contributed by atoms with Gasteiger partial charge in [-0.1, -0.05) is 18.3 Å². The topological polar surface area (TPSA) is 112 Å². The SMILES string of the molecule is CNC(=S)C(CN1CCOCC1)c1ccccn1.O=C(O)/C=C\C(=O)O. The van der Waals surface area contributed by atoms with Crippen molar-refractivity contribution in [3.05, 3.63) is 42.2 Å². The second kappa shape index (κ2) is 12.1. The van der Waals surface area contributed by atoms with Gasteiger partial charge in [-0.25, -0.2) is 9.59 Å². The van der Waals surface area contributed by atoms with Crippen molar-refractivity contribution in [2.75, 3.05) is 39.9 Å². The number of carboxylic acid groups (broad SMARTS) is 2. The summed E-state index contributed by atoms with van der Waals surface area (Å²) in [5.74, 6) is -2.36. The fourth-order valence-electron chi connectivity index (χ4n) is 2.25. The highest BCUT2D eigenvalue weighted by Gasteiger charge is 2.22. The molecule has 26 heavy (non-hydrogen) atoms. The molecule has 3 N–H and O–H groups in total. The molecule has 8 nitrogen and oxygen atoms in total. The van der Waals surface area contributed by atoms with E-state index in [0.717, 1.165) is 43.5 Å². The third kappa shape index (κ3) is 8.65. The van der Waals surface area contributed by atoms with Crippen LogP contribution in [0.15, 0.2) is 36.5 Å². The maximum absolute atomic E-state index is 9.55. The molecule has 142 valence electrons. The highest BCUT2D eigenvalue weighted by molar-refractivity contribution is 7.80. The molecule has 9 heteroatoms. The molecule has 1 aromatic heterocycles. The molecule has 0 amide bonds. The van der Waals surface area contributed by atoms with Gasteiger partial charge in [-0.3, -0.25) is 9.88 Å². The zero-order valence-corrected chi connectivity index (χ0v) is 15.3. The lowest BCUT2D eigenvalue weighted by molar-refractivity contribution is -0.134. The minimum atomic E-state index is -1.26. The number of nitrogens with zero attached hydrogens (tertiary/aromatic N) is 2. The van der Waals surface area contributed by atoms with E-state index in [1.165, 1.54) is 0 Å². The molecule has 1 aliphatic heterocycles. The van der Waals surface area contributed by atoms with Crippen LogP contribution in [0.25, 0.3) is 0 Å². The molecule has 0 saturated carbocycles. The third-order valence-electron chi connectivity index (χ3n) is 3.52. The zero-order valence-electron chi connectivity index (χ0n) is 14.5. The first kappa shape index (κ1) is 21.7. The highest BCUT2D eigenvalue weighted by Crippen LogP contribution is 2.16. The highest BCUT2D eigenvalue weighted by atomic mass is 32.1. The fourth-order valence-corrected chi connectivity index (χ4v) is 2.45. The molecule has 2 rings (SSSR count). The van der Waals surface area contributed by atoms with E-state index in [1.54, 1.807) is 0 Å². The number of hydrogen-bond donors (Lipinski definition) is 3. The number of likely N-dealkylation sites (N-methyl/N-ethyl adjacent to an activating group) is 1. The maximum Gasteiger partial charge on any atom is 0.328 e. The third-order valence-corrected chi connectivity index (χ3v) is 4.01. The number of thiocarbonyl (C=S) groups is 1. The molecule has 0 bridgehead atoms. The Labute approximate surface area is 157 Å². The Balaban J connectivity index is 0.000000359. The monoisotopic (exact) mass is 381 g/mol. The van der Waals surface area contributed by atoms with Crippen LogP contribution in [0.2, 0.25) is 0 Å². The first-order chi connectivity index (χ1) is 12.4. The standard InChI is InChI=1S/C13H19N3OS.C4H4O4/c1-14-13(18)11(12-4-2-3-5-15-12)10-16-6-8-17-9-7-16;5-3(6)1-2-4(7)8/h2-5,11H,6-10H2,1H3,(H,14,18);1-2H,(H,5,6)(H,7,8)/b;2-1-. The van der Waals surface area contributed by atoms with Gasteiger partial charge in [0.1, 0.15) is 0 Å². The Morgan fingerprint density at radius 3 is 2.38 bits per heavy atom. The minimum absolute atomic E-state index is 0.157. The molecule has 0 spiro atoms. The maximum atomic E-state index is 9.55. The van der Waals surface area contributed by atoms with Crippen molar-refractivity contribution >= 4 is 29.1 Å². The predicted octanol–water partition coefficient (Wildman–Crippen LogP) is 0.756. The first-order valence-electron chi connectivity index (χ1n) is 8.00. The largest absolute Gasteiger partial charge is 0.478 e. The molecule has 0 radical (unpaired) electrons. The Hall–Kier alpha value is -2.36. The van der Waals surface area contributed by atoms with Gasteiger partial charge in [-0.05, 0) is 12.1 Å². The number of nitrogens with one attached hydrogen (secondary N) is 1. The number of morpholine rings is 1. The van der Waals surface area contributed by atoms with E-state index in [2.05, 4.69) is 15.2 Å². The van der Waals surface area contributed by atoms with Crippen LogP contribution in [0.5, 0.6) is 0 Å². The number of hydrogen-bond acceptors (Lipinski definition) is 6. The van der Waals surface area contributed by atoms with Gasteiger partial charge in [0, 0.05) is 45.0 Å².